The number of anilines is 1. The Morgan fingerprint density at radius 1 is 1.16 bits per heavy atom. The number of hydrogen-bond donors (Lipinski definition) is 0. The number of rotatable bonds is 5. The fourth-order valence-corrected chi connectivity index (χ4v) is 4.25. The predicted molar refractivity (Wildman–Crippen MR) is 110 cm³/mol. The number of benzene rings is 1. The van der Waals surface area contributed by atoms with Gasteiger partial charge in [-0.2, -0.15) is 0 Å². The van der Waals surface area contributed by atoms with E-state index in [-0.39, 0.29) is 0 Å². The molecule has 132 valence electrons. The van der Waals surface area contributed by atoms with Crippen molar-refractivity contribution in [3.63, 3.8) is 0 Å². The number of aliphatic imine (C=N–C) groups is 1. The van der Waals surface area contributed by atoms with Gasteiger partial charge in [0.25, 0.3) is 0 Å². The van der Waals surface area contributed by atoms with E-state index >= 15 is 0 Å². The maximum absolute atomic E-state index is 6.55. The van der Waals surface area contributed by atoms with Gasteiger partial charge in [-0.05, 0) is 54.7 Å². The molecule has 2 aromatic rings. The Kier molecular flexibility index (Phi) is 6.02. The minimum absolute atomic E-state index is 0.686. The summed E-state index contributed by atoms with van der Waals surface area (Å²) in [5, 5.41) is 1.79. The van der Waals surface area contributed by atoms with Gasteiger partial charge in [-0.25, -0.2) is 0 Å². The van der Waals surface area contributed by atoms with E-state index in [4.69, 9.17) is 16.6 Å². The molecule has 0 spiro atoms. The van der Waals surface area contributed by atoms with E-state index in [2.05, 4.69) is 48.9 Å². The third-order valence-corrected chi connectivity index (χ3v) is 5.71. The highest BCUT2D eigenvalue weighted by molar-refractivity contribution is 8.14. The zero-order valence-electron chi connectivity index (χ0n) is 15.1. The Bertz CT molecular complexity index is 789. The van der Waals surface area contributed by atoms with E-state index in [1.54, 1.807) is 11.8 Å². The molecule has 0 saturated heterocycles. The Morgan fingerprint density at radius 2 is 1.96 bits per heavy atom. The Labute approximate surface area is 159 Å². The molecule has 0 amide bonds. The lowest BCUT2D eigenvalue weighted by Gasteiger charge is -2.25. The molecule has 25 heavy (non-hydrogen) atoms. The van der Waals surface area contributed by atoms with Crippen LogP contribution in [-0.2, 0) is 19.4 Å². The number of aromatic nitrogens is 1. The molecular formula is C20H24ClN3S. The van der Waals surface area contributed by atoms with Gasteiger partial charge in [0.1, 0.15) is 0 Å². The first-order valence-electron chi connectivity index (χ1n) is 8.80. The van der Waals surface area contributed by atoms with Gasteiger partial charge in [-0.1, -0.05) is 43.3 Å². The van der Waals surface area contributed by atoms with Crippen LogP contribution in [0.25, 0.3) is 0 Å². The van der Waals surface area contributed by atoms with E-state index in [0.29, 0.717) is 6.54 Å². The fraction of sp³-hybridized carbons (Fsp3) is 0.400. The number of thioether (sulfide) groups is 1. The van der Waals surface area contributed by atoms with Gasteiger partial charge in [-0.15, -0.1) is 0 Å². The Hall–Kier alpha value is -1.52. The van der Waals surface area contributed by atoms with Gasteiger partial charge >= 0.3 is 0 Å². The van der Waals surface area contributed by atoms with Gasteiger partial charge in [0.15, 0.2) is 5.17 Å². The van der Waals surface area contributed by atoms with Crippen LogP contribution in [0.15, 0.2) is 35.5 Å². The van der Waals surface area contributed by atoms with Crippen molar-refractivity contribution < 1.29 is 0 Å². The van der Waals surface area contributed by atoms with Crippen LogP contribution in [-0.4, -0.2) is 22.4 Å². The average Bonchev–Trinajstić information content (AvgIpc) is 3.14. The van der Waals surface area contributed by atoms with Gasteiger partial charge in [-0.3, -0.25) is 9.98 Å². The summed E-state index contributed by atoms with van der Waals surface area (Å²) in [6, 6.07) is 8.42. The Morgan fingerprint density at radius 3 is 2.60 bits per heavy atom. The minimum Gasteiger partial charge on any atom is -0.314 e. The zero-order valence-corrected chi connectivity index (χ0v) is 16.6. The van der Waals surface area contributed by atoms with Gasteiger partial charge in [0, 0.05) is 11.9 Å². The van der Waals surface area contributed by atoms with Gasteiger partial charge in [0.05, 0.1) is 29.5 Å². The number of nitrogens with zero attached hydrogens (tertiary/aromatic N) is 3. The van der Waals surface area contributed by atoms with Crippen molar-refractivity contribution in [2.45, 2.75) is 40.2 Å². The number of hydrogen-bond acceptors (Lipinski definition) is 4. The van der Waals surface area contributed by atoms with Crippen LogP contribution in [0.3, 0.4) is 0 Å². The maximum atomic E-state index is 6.55. The van der Waals surface area contributed by atoms with E-state index in [9.17, 15) is 0 Å². The average molecular weight is 374 g/mol. The largest absolute Gasteiger partial charge is 0.314 e. The molecule has 0 N–H and O–H groups in total. The van der Waals surface area contributed by atoms with Crippen molar-refractivity contribution in [2.24, 2.45) is 4.99 Å². The predicted octanol–water partition coefficient (Wildman–Crippen LogP) is 5.28. The van der Waals surface area contributed by atoms with Crippen LogP contribution < -0.4 is 4.90 Å². The molecule has 0 bridgehead atoms. The van der Waals surface area contributed by atoms with Crippen molar-refractivity contribution in [1.29, 1.82) is 0 Å². The van der Waals surface area contributed by atoms with Crippen LogP contribution in [0.5, 0.6) is 0 Å². The lowest BCUT2D eigenvalue weighted by Crippen LogP contribution is -2.28. The summed E-state index contributed by atoms with van der Waals surface area (Å²) in [5.41, 5.74) is 5.93. The number of pyridine rings is 1. The summed E-state index contributed by atoms with van der Waals surface area (Å²) < 4.78 is 0. The summed E-state index contributed by atoms with van der Waals surface area (Å²) in [4.78, 5) is 11.6. The molecule has 1 aromatic heterocycles. The van der Waals surface area contributed by atoms with E-state index in [1.807, 2.05) is 12.3 Å². The molecule has 1 aromatic carbocycles. The lowest BCUT2D eigenvalue weighted by atomic mass is 10.0. The first-order valence-corrected chi connectivity index (χ1v) is 10.2. The fourth-order valence-electron chi connectivity index (χ4n) is 3.04. The highest BCUT2D eigenvalue weighted by Gasteiger charge is 2.21. The highest BCUT2D eigenvalue weighted by Crippen LogP contribution is 2.32. The van der Waals surface area contributed by atoms with Gasteiger partial charge < -0.3 is 4.90 Å². The minimum atomic E-state index is 0.686. The monoisotopic (exact) mass is 373 g/mol. The SMILES string of the molecule is CCc1cnc(CN(C2=NCCS2)c2ccc(C)cc2Cl)cc1CC. The van der Waals surface area contributed by atoms with Crippen molar-refractivity contribution in [2.75, 3.05) is 17.2 Å². The zero-order chi connectivity index (χ0) is 17.8. The number of amidine groups is 1. The second-order valence-electron chi connectivity index (χ2n) is 6.21. The first-order chi connectivity index (χ1) is 12.1. The highest BCUT2D eigenvalue weighted by atomic mass is 35.5. The van der Waals surface area contributed by atoms with Gasteiger partial charge in [0.2, 0.25) is 0 Å². The maximum Gasteiger partial charge on any atom is 0.164 e. The second-order valence-corrected chi connectivity index (χ2v) is 7.67. The quantitative estimate of drug-likeness (QED) is 0.714. The van der Waals surface area contributed by atoms with Crippen molar-refractivity contribution in [1.82, 2.24) is 4.98 Å². The van der Waals surface area contributed by atoms with Crippen LogP contribution in [0.4, 0.5) is 5.69 Å². The van der Waals surface area contributed by atoms with E-state index < -0.39 is 0 Å². The summed E-state index contributed by atoms with van der Waals surface area (Å²) in [6.45, 7) is 7.98. The molecule has 0 saturated carbocycles. The molecule has 0 atom stereocenters. The lowest BCUT2D eigenvalue weighted by molar-refractivity contribution is 0.918. The molecule has 3 nitrogen and oxygen atoms in total. The second kappa shape index (κ2) is 8.24. The molecule has 5 heteroatoms. The molecule has 0 unspecified atom stereocenters. The van der Waals surface area contributed by atoms with Crippen LogP contribution in [0.2, 0.25) is 5.02 Å². The summed E-state index contributed by atoms with van der Waals surface area (Å²) in [7, 11) is 0. The molecule has 1 aliphatic rings. The molecule has 0 radical (unpaired) electrons. The summed E-state index contributed by atoms with van der Waals surface area (Å²) in [5.74, 6) is 1.03. The normalized spacial score (nSPS) is 13.8. The first kappa shape index (κ1) is 18.3. The van der Waals surface area contributed by atoms with Crippen LogP contribution in [0, 0.1) is 6.92 Å². The number of halogens is 1. The molecule has 0 fully saturated rings. The van der Waals surface area contributed by atoms with E-state index in [1.165, 1.54) is 11.1 Å². The van der Waals surface area contributed by atoms with Crippen molar-refractivity contribution >= 4 is 34.2 Å². The smallest absolute Gasteiger partial charge is 0.164 e. The van der Waals surface area contributed by atoms with Crippen molar-refractivity contribution in [3.05, 3.63) is 57.9 Å². The third-order valence-electron chi connectivity index (χ3n) is 4.42. The topological polar surface area (TPSA) is 28.5 Å². The molecular weight excluding hydrogens is 350 g/mol. The van der Waals surface area contributed by atoms with Crippen molar-refractivity contribution in [3.8, 4) is 0 Å². The van der Waals surface area contributed by atoms with Crippen LogP contribution in [0.1, 0.15) is 36.2 Å². The molecule has 3 rings (SSSR count). The van der Waals surface area contributed by atoms with Crippen LogP contribution >= 0.6 is 23.4 Å². The Balaban J connectivity index is 1.96. The molecule has 1 aliphatic heterocycles. The molecule has 2 heterocycles. The third kappa shape index (κ3) is 4.18. The molecule has 0 aliphatic carbocycles. The van der Waals surface area contributed by atoms with E-state index in [0.717, 1.165) is 52.3 Å². The number of aryl methyl sites for hydroxylation is 3. The summed E-state index contributed by atoms with van der Waals surface area (Å²) >= 11 is 8.33. The standard InChI is InChI=1S/C20H24ClN3S/c1-4-15-11-17(23-12-16(15)5-2)13-24(20-22-8-9-25-20)19-7-6-14(3)10-18(19)21/h6-7,10-12H,4-5,8-9,13H2,1-3H3. The summed E-state index contributed by atoms with van der Waals surface area (Å²) in [6.07, 6.45) is 4.07.